The summed E-state index contributed by atoms with van der Waals surface area (Å²) in [6.07, 6.45) is 9.53. The van der Waals surface area contributed by atoms with Crippen LogP contribution in [0.1, 0.15) is 45.4 Å². The predicted molar refractivity (Wildman–Crippen MR) is 56.3 cm³/mol. The van der Waals surface area contributed by atoms with Gasteiger partial charge in [-0.1, -0.05) is 25.8 Å². The molecule has 1 heteroatoms. The summed E-state index contributed by atoms with van der Waals surface area (Å²) in [6.45, 7) is 5.91. The Morgan fingerprint density at radius 1 is 1.36 bits per heavy atom. The van der Waals surface area contributed by atoms with Crippen LogP contribution < -0.4 is 0 Å². The van der Waals surface area contributed by atoms with Gasteiger partial charge in [0.05, 0.1) is 0 Å². The van der Waals surface area contributed by atoms with Crippen molar-refractivity contribution in [2.45, 2.75) is 50.7 Å². The normalized spacial score (nSPS) is 12.9. The molecule has 0 aromatic heterocycles. The third-order valence-electron chi connectivity index (χ3n) is 1.82. The highest BCUT2D eigenvalue weighted by Gasteiger charge is 1.99. The zero-order chi connectivity index (χ0) is 8.53. The third-order valence-corrected chi connectivity index (χ3v) is 2.33. The molecular formula is C10H20S. The Morgan fingerprint density at radius 2 is 2.09 bits per heavy atom. The monoisotopic (exact) mass is 172 g/mol. The van der Waals surface area contributed by atoms with Gasteiger partial charge in [0.2, 0.25) is 0 Å². The Labute approximate surface area is 76.5 Å². The van der Waals surface area contributed by atoms with E-state index in [0.29, 0.717) is 5.25 Å². The van der Waals surface area contributed by atoms with E-state index in [0.717, 1.165) is 6.42 Å². The molecule has 0 aliphatic rings. The summed E-state index contributed by atoms with van der Waals surface area (Å²) in [6, 6.07) is 0. The molecule has 0 bridgehead atoms. The Bertz CT molecular complexity index is 88.9. The van der Waals surface area contributed by atoms with Crippen LogP contribution in [0.15, 0.2) is 12.7 Å². The molecule has 0 amide bonds. The fraction of sp³-hybridized carbons (Fsp3) is 0.800. The lowest BCUT2D eigenvalue weighted by Crippen LogP contribution is -1.96. The predicted octanol–water partition coefficient (Wildman–Crippen LogP) is 3.83. The molecule has 0 saturated heterocycles. The summed E-state index contributed by atoms with van der Waals surface area (Å²) >= 11 is 4.49. The van der Waals surface area contributed by atoms with Crippen molar-refractivity contribution in [3.8, 4) is 0 Å². The quantitative estimate of drug-likeness (QED) is 0.337. The van der Waals surface area contributed by atoms with E-state index in [9.17, 15) is 0 Å². The molecule has 0 aliphatic heterocycles. The fourth-order valence-corrected chi connectivity index (χ4v) is 1.59. The summed E-state index contributed by atoms with van der Waals surface area (Å²) in [5.74, 6) is 0. The first-order valence-corrected chi connectivity index (χ1v) is 5.11. The summed E-state index contributed by atoms with van der Waals surface area (Å²) in [4.78, 5) is 0. The number of allylic oxidation sites excluding steroid dienone is 1. The highest BCUT2D eigenvalue weighted by Crippen LogP contribution is 2.13. The molecule has 0 heterocycles. The van der Waals surface area contributed by atoms with E-state index in [1.54, 1.807) is 0 Å². The Morgan fingerprint density at radius 3 is 2.64 bits per heavy atom. The van der Waals surface area contributed by atoms with Crippen LogP contribution >= 0.6 is 12.6 Å². The van der Waals surface area contributed by atoms with E-state index in [1.807, 2.05) is 6.08 Å². The van der Waals surface area contributed by atoms with Gasteiger partial charge in [0.1, 0.15) is 0 Å². The molecule has 11 heavy (non-hydrogen) atoms. The first kappa shape index (κ1) is 11.1. The fourth-order valence-electron chi connectivity index (χ4n) is 1.15. The van der Waals surface area contributed by atoms with Crippen LogP contribution in [0.2, 0.25) is 0 Å². The molecule has 0 fully saturated rings. The first-order chi connectivity index (χ1) is 5.31. The lowest BCUT2D eigenvalue weighted by Gasteiger charge is -2.07. The van der Waals surface area contributed by atoms with E-state index in [4.69, 9.17) is 0 Å². The maximum atomic E-state index is 4.49. The molecule has 1 unspecified atom stereocenters. The van der Waals surface area contributed by atoms with Gasteiger partial charge in [-0.3, -0.25) is 0 Å². The second kappa shape index (κ2) is 8.19. The number of hydrogen-bond donors (Lipinski definition) is 1. The van der Waals surface area contributed by atoms with Crippen molar-refractivity contribution >= 4 is 12.6 Å². The molecule has 0 aromatic carbocycles. The first-order valence-electron chi connectivity index (χ1n) is 4.60. The van der Waals surface area contributed by atoms with Crippen molar-refractivity contribution in [3.05, 3.63) is 12.7 Å². The number of unbranched alkanes of at least 4 members (excludes halogenated alkanes) is 2. The SMILES string of the molecule is C=CCCCCC(S)CCC. The molecule has 0 nitrogen and oxygen atoms in total. The zero-order valence-electron chi connectivity index (χ0n) is 7.55. The van der Waals surface area contributed by atoms with Gasteiger partial charge in [0, 0.05) is 5.25 Å². The summed E-state index contributed by atoms with van der Waals surface area (Å²) < 4.78 is 0. The Kier molecular flexibility index (Phi) is 8.26. The maximum Gasteiger partial charge on any atom is 0.00167 e. The van der Waals surface area contributed by atoms with Gasteiger partial charge >= 0.3 is 0 Å². The van der Waals surface area contributed by atoms with Gasteiger partial charge < -0.3 is 0 Å². The van der Waals surface area contributed by atoms with Gasteiger partial charge in [-0.05, 0) is 25.7 Å². The number of hydrogen-bond acceptors (Lipinski definition) is 1. The summed E-state index contributed by atoms with van der Waals surface area (Å²) in [5.41, 5.74) is 0. The molecule has 1 atom stereocenters. The minimum Gasteiger partial charge on any atom is -0.176 e. The largest absolute Gasteiger partial charge is 0.176 e. The van der Waals surface area contributed by atoms with Gasteiger partial charge in [-0.2, -0.15) is 12.6 Å². The lowest BCUT2D eigenvalue weighted by atomic mass is 10.1. The third kappa shape index (κ3) is 7.99. The van der Waals surface area contributed by atoms with Gasteiger partial charge in [0.25, 0.3) is 0 Å². The van der Waals surface area contributed by atoms with E-state index < -0.39 is 0 Å². The van der Waals surface area contributed by atoms with E-state index in [1.165, 1.54) is 32.1 Å². The average molecular weight is 172 g/mol. The molecule has 66 valence electrons. The van der Waals surface area contributed by atoms with Crippen molar-refractivity contribution in [2.24, 2.45) is 0 Å². The maximum absolute atomic E-state index is 4.49. The van der Waals surface area contributed by atoms with Crippen molar-refractivity contribution in [3.63, 3.8) is 0 Å². The minimum atomic E-state index is 0.629. The Balaban J connectivity index is 3.03. The van der Waals surface area contributed by atoms with Gasteiger partial charge in [0.15, 0.2) is 0 Å². The van der Waals surface area contributed by atoms with E-state index in [2.05, 4.69) is 26.1 Å². The minimum absolute atomic E-state index is 0.629. The van der Waals surface area contributed by atoms with Gasteiger partial charge in [-0.15, -0.1) is 6.58 Å². The van der Waals surface area contributed by atoms with Crippen molar-refractivity contribution in [2.75, 3.05) is 0 Å². The van der Waals surface area contributed by atoms with E-state index in [-0.39, 0.29) is 0 Å². The highest BCUT2D eigenvalue weighted by atomic mass is 32.1. The van der Waals surface area contributed by atoms with Crippen molar-refractivity contribution in [1.82, 2.24) is 0 Å². The van der Waals surface area contributed by atoms with Crippen LogP contribution in [0.3, 0.4) is 0 Å². The second-order valence-corrected chi connectivity index (χ2v) is 3.75. The van der Waals surface area contributed by atoms with Crippen LogP contribution in [-0.2, 0) is 0 Å². The molecule has 0 N–H and O–H groups in total. The summed E-state index contributed by atoms with van der Waals surface area (Å²) in [5, 5.41) is 0.629. The molecule has 0 aromatic rings. The van der Waals surface area contributed by atoms with Crippen LogP contribution in [0, 0.1) is 0 Å². The highest BCUT2D eigenvalue weighted by molar-refractivity contribution is 7.80. The number of thiol groups is 1. The van der Waals surface area contributed by atoms with Crippen LogP contribution in [-0.4, -0.2) is 5.25 Å². The molecule has 0 aliphatic carbocycles. The van der Waals surface area contributed by atoms with Crippen LogP contribution in [0.5, 0.6) is 0 Å². The van der Waals surface area contributed by atoms with Gasteiger partial charge in [-0.25, -0.2) is 0 Å². The molecule has 0 rings (SSSR count). The molecule has 0 radical (unpaired) electrons. The zero-order valence-corrected chi connectivity index (χ0v) is 8.45. The number of rotatable bonds is 7. The smallest absolute Gasteiger partial charge is 0.00167 e. The average Bonchev–Trinajstić information content (AvgIpc) is 1.99. The molecule has 0 saturated carbocycles. The van der Waals surface area contributed by atoms with Crippen LogP contribution in [0.25, 0.3) is 0 Å². The molecular weight excluding hydrogens is 152 g/mol. The van der Waals surface area contributed by atoms with Crippen LogP contribution in [0.4, 0.5) is 0 Å². The second-order valence-electron chi connectivity index (χ2n) is 3.02. The topological polar surface area (TPSA) is 0 Å². The van der Waals surface area contributed by atoms with Crippen molar-refractivity contribution in [1.29, 1.82) is 0 Å². The lowest BCUT2D eigenvalue weighted by molar-refractivity contribution is 0.627. The Hall–Kier alpha value is 0.0900. The van der Waals surface area contributed by atoms with E-state index >= 15 is 0 Å². The standard InChI is InChI=1S/C10H20S/c1-3-5-6-7-9-10(11)8-4-2/h3,10-11H,1,4-9H2,2H3. The van der Waals surface area contributed by atoms with Crippen molar-refractivity contribution < 1.29 is 0 Å². The summed E-state index contributed by atoms with van der Waals surface area (Å²) in [7, 11) is 0. The molecule has 0 spiro atoms.